The van der Waals surface area contributed by atoms with Crippen LogP contribution in [0.4, 0.5) is 0 Å². The van der Waals surface area contributed by atoms with E-state index in [1.807, 2.05) is 97.9 Å². The highest BCUT2D eigenvalue weighted by Crippen LogP contribution is 2.44. The van der Waals surface area contributed by atoms with Crippen molar-refractivity contribution in [3.8, 4) is 5.75 Å². The molecule has 0 bridgehead atoms. The molecular weight excluding hydrogens is 317 g/mol. The van der Waals surface area contributed by atoms with Gasteiger partial charge in [0.1, 0.15) is 5.75 Å². The molecule has 3 rings (SSSR count). The maximum Gasteiger partial charge on any atom is 0.347 e. The average Bonchev–Trinajstić information content (AvgIpc) is 2.64. The molecule has 0 aliphatic heterocycles. The number of hydrogen-bond acceptors (Lipinski definition) is 2. The number of benzene rings is 3. The SMILES string of the molecule is CC(NP(=O)(Oc1ccccc1)c1ccccc1)c1ccccc1. The van der Waals surface area contributed by atoms with Crippen LogP contribution >= 0.6 is 7.52 Å². The fraction of sp³-hybridized carbons (Fsp3) is 0.100. The summed E-state index contributed by atoms with van der Waals surface area (Å²) in [5, 5.41) is 3.86. The molecule has 0 heterocycles. The second kappa shape index (κ2) is 7.48. The Hall–Kier alpha value is -2.35. The largest absolute Gasteiger partial charge is 0.430 e. The molecule has 1 N–H and O–H groups in total. The molecule has 4 heteroatoms. The highest BCUT2D eigenvalue weighted by molar-refractivity contribution is 7.65. The summed E-state index contributed by atoms with van der Waals surface area (Å²) < 4.78 is 19.6. The van der Waals surface area contributed by atoms with Crippen LogP contribution in [-0.4, -0.2) is 0 Å². The van der Waals surface area contributed by atoms with Gasteiger partial charge in [0, 0.05) is 6.04 Å². The lowest BCUT2D eigenvalue weighted by Gasteiger charge is -2.24. The molecular formula is C20H20NO2P. The minimum atomic E-state index is -3.27. The van der Waals surface area contributed by atoms with Crippen molar-refractivity contribution in [1.82, 2.24) is 5.09 Å². The van der Waals surface area contributed by atoms with Crippen LogP contribution in [0.25, 0.3) is 0 Å². The van der Waals surface area contributed by atoms with Crippen LogP contribution in [-0.2, 0) is 4.57 Å². The minimum Gasteiger partial charge on any atom is -0.430 e. The zero-order chi connectivity index (χ0) is 16.8. The maximum atomic E-state index is 13.6. The summed E-state index contributed by atoms with van der Waals surface area (Å²) in [5.41, 5.74) is 1.06. The van der Waals surface area contributed by atoms with Crippen molar-refractivity contribution >= 4 is 12.8 Å². The van der Waals surface area contributed by atoms with Gasteiger partial charge in [-0.05, 0) is 36.8 Å². The third kappa shape index (κ3) is 3.94. The molecule has 0 spiro atoms. The van der Waals surface area contributed by atoms with Gasteiger partial charge in [0.05, 0.1) is 5.30 Å². The maximum absolute atomic E-state index is 13.6. The highest BCUT2D eigenvalue weighted by atomic mass is 31.2. The van der Waals surface area contributed by atoms with Crippen molar-refractivity contribution in [2.24, 2.45) is 0 Å². The summed E-state index contributed by atoms with van der Waals surface area (Å²) in [6, 6.07) is 28.4. The first-order valence-corrected chi connectivity index (χ1v) is 9.53. The zero-order valence-corrected chi connectivity index (χ0v) is 14.4. The van der Waals surface area contributed by atoms with Gasteiger partial charge in [0.2, 0.25) is 0 Å². The second-order valence-corrected chi connectivity index (χ2v) is 7.61. The van der Waals surface area contributed by atoms with Gasteiger partial charge in [-0.3, -0.25) is 4.57 Å². The second-order valence-electron chi connectivity index (χ2n) is 5.55. The third-order valence-corrected chi connectivity index (χ3v) is 5.91. The molecule has 2 unspecified atom stereocenters. The van der Waals surface area contributed by atoms with E-state index in [0.29, 0.717) is 11.1 Å². The molecule has 0 aromatic heterocycles. The molecule has 3 nitrogen and oxygen atoms in total. The molecule has 0 amide bonds. The van der Waals surface area contributed by atoms with Crippen LogP contribution in [0.15, 0.2) is 91.0 Å². The topological polar surface area (TPSA) is 38.3 Å². The standard InChI is InChI=1S/C20H20NO2P/c1-17(18-11-5-2-6-12-18)21-24(22,20-15-9-4-10-16-20)23-19-13-7-3-8-14-19/h2-17H,1H3,(H,21,22). The van der Waals surface area contributed by atoms with E-state index < -0.39 is 7.52 Å². The molecule has 0 fully saturated rings. The molecule has 122 valence electrons. The Morgan fingerprint density at radius 2 is 1.29 bits per heavy atom. The van der Waals surface area contributed by atoms with E-state index in [0.717, 1.165) is 5.56 Å². The number of para-hydroxylation sites is 1. The quantitative estimate of drug-likeness (QED) is 0.648. The highest BCUT2D eigenvalue weighted by Gasteiger charge is 2.29. The molecule has 0 radical (unpaired) electrons. The Kier molecular flexibility index (Phi) is 5.14. The fourth-order valence-electron chi connectivity index (χ4n) is 2.48. The third-order valence-electron chi connectivity index (χ3n) is 3.74. The lowest BCUT2D eigenvalue weighted by atomic mass is 10.1. The monoisotopic (exact) mass is 337 g/mol. The van der Waals surface area contributed by atoms with Crippen molar-refractivity contribution in [3.63, 3.8) is 0 Å². The van der Waals surface area contributed by atoms with Crippen molar-refractivity contribution < 1.29 is 9.09 Å². The van der Waals surface area contributed by atoms with Gasteiger partial charge in [-0.25, -0.2) is 5.09 Å². The van der Waals surface area contributed by atoms with Crippen LogP contribution in [0, 0.1) is 0 Å². The fourth-order valence-corrected chi connectivity index (χ4v) is 4.43. The number of rotatable bonds is 6. The van der Waals surface area contributed by atoms with E-state index in [9.17, 15) is 4.57 Å². The van der Waals surface area contributed by atoms with Crippen LogP contribution in [0.1, 0.15) is 18.5 Å². The van der Waals surface area contributed by atoms with Gasteiger partial charge in [-0.15, -0.1) is 0 Å². The van der Waals surface area contributed by atoms with Crippen LogP contribution < -0.4 is 14.9 Å². The van der Waals surface area contributed by atoms with Crippen LogP contribution in [0.5, 0.6) is 5.75 Å². The Bertz CT molecular complexity index is 807. The molecule has 0 saturated carbocycles. The molecule has 2 atom stereocenters. The van der Waals surface area contributed by atoms with Crippen molar-refractivity contribution in [2.45, 2.75) is 13.0 Å². The molecule has 24 heavy (non-hydrogen) atoms. The number of hydrogen-bond donors (Lipinski definition) is 1. The Morgan fingerprint density at radius 3 is 1.88 bits per heavy atom. The van der Waals surface area contributed by atoms with E-state index in [4.69, 9.17) is 4.52 Å². The van der Waals surface area contributed by atoms with Crippen molar-refractivity contribution in [3.05, 3.63) is 96.6 Å². The summed E-state index contributed by atoms with van der Waals surface area (Å²) in [7, 11) is -3.27. The van der Waals surface area contributed by atoms with E-state index in [2.05, 4.69) is 5.09 Å². The summed E-state index contributed by atoms with van der Waals surface area (Å²) >= 11 is 0. The normalized spacial score (nSPS) is 14.5. The lowest BCUT2D eigenvalue weighted by Crippen LogP contribution is -2.25. The molecule has 0 saturated heterocycles. The van der Waals surface area contributed by atoms with Gasteiger partial charge in [0.15, 0.2) is 0 Å². The lowest BCUT2D eigenvalue weighted by molar-refractivity contribution is 0.469. The van der Waals surface area contributed by atoms with Crippen LogP contribution in [0.3, 0.4) is 0 Å². The average molecular weight is 337 g/mol. The summed E-state index contributed by atoms with van der Waals surface area (Å²) in [6.45, 7) is 1.99. The minimum absolute atomic E-state index is 0.110. The molecule has 3 aromatic carbocycles. The van der Waals surface area contributed by atoms with E-state index in [1.54, 1.807) is 0 Å². The Morgan fingerprint density at radius 1 is 0.792 bits per heavy atom. The van der Waals surface area contributed by atoms with Gasteiger partial charge in [-0.2, -0.15) is 0 Å². The number of nitrogens with one attached hydrogen (secondary N) is 1. The first-order chi connectivity index (χ1) is 11.7. The van der Waals surface area contributed by atoms with E-state index in [1.165, 1.54) is 0 Å². The first-order valence-electron chi connectivity index (χ1n) is 7.90. The predicted octanol–water partition coefficient (Wildman–Crippen LogP) is 4.93. The smallest absolute Gasteiger partial charge is 0.347 e. The Labute approximate surface area is 142 Å². The van der Waals surface area contributed by atoms with Gasteiger partial charge in [-0.1, -0.05) is 66.7 Å². The van der Waals surface area contributed by atoms with Gasteiger partial charge in [0.25, 0.3) is 0 Å². The first kappa shape index (κ1) is 16.5. The zero-order valence-electron chi connectivity index (χ0n) is 13.5. The van der Waals surface area contributed by atoms with Gasteiger partial charge >= 0.3 is 7.52 Å². The predicted molar refractivity (Wildman–Crippen MR) is 98.7 cm³/mol. The summed E-state index contributed by atoms with van der Waals surface area (Å²) in [4.78, 5) is 0. The molecule has 3 aromatic rings. The van der Waals surface area contributed by atoms with Gasteiger partial charge < -0.3 is 4.52 Å². The summed E-state index contributed by atoms with van der Waals surface area (Å²) in [5.74, 6) is 0.581. The molecule has 0 aliphatic carbocycles. The van der Waals surface area contributed by atoms with E-state index >= 15 is 0 Å². The van der Waals surface area contributed by atoms with Crippen molar-refractivity contribution in [2.75, 3.05) is 0 Å². The Balaban J connectivity index is 1.92. The molecule has 0 aliphatic rings. The van der Waals surface area contributed by atoms with Crippen LogP contribution in [0.2, 0.25) is 0 Å². The van der Waals surface area contributed by atoms with Crippen molar-refractivity contribution in [1.29, 1.82) is 0 Å². The summed E-state index contributed by atoms with van der Waals surface area (Å²) in [6.07, 6.45) is 0. The van der Waals surface area contributed by atoms with E-state index in [-0.39, 0.29) is 6.04 Å².